The Kier molecular flexibility index (Phi) is 8.02. The Morgan fingerprint density at radius 1 is 1.17 bits per heavy atom. The maximum Gasteiger partial charge on any atom is 0.305 e. The Balaban J connectivity index is 2.75. The number of amides is 2. The topological polar surface area (TPSA) is 98.7 Å². The summed E-state index contributed by atoms with van der Waals surface area (Å²) in [5.41, 5.74) is 0. The molecule has 132 valence electrons. The highest BCUT2D eigenvalue weighted by Gasteiger charge is 2.32. The van der Waals surface area contributed by atoms with E-state index in [-0.39, 0.29) is 24.2 Å². The average molecular weight is 327 g/mol. The molecular weight excluding hydrogens is 298 g/mol. The lowest BCUT2D eigenvalue weighted by atomic mass is 10.0. The third-order valence-corrected chi connectivity index (χ3v) is 3.97. The quantitative estimate of drug-likeness (QED) is 0.576. The van der Waals surface area contributed by atoms with Gasteiger partial charge in [0.15, 0.2) is 0 Å². The second-order valence-corrected chi connectivity index (χ2v) is 6.37. The van der Waals surface area contributed by atoms with Gasteiger partial charge in [-0.3, -0.25) is 14.4 Å². The van der Waals surface area contributed by atoms with Gasteiger partial charge in [0.2, 0.25) is 11.8 Å². The molecule has 0 bridgehead atoms. The molecule has 1 aliphatic rings. The van der Waals surface area contributed by atoms with Crippen LogP contribution in [0, 0.1) is 5.92 Å². The number of carbonyl (C=O) groups excluding carboxylic acids is 2. The molecule has 0 aromatic rings. The van der Waals surface area contributed by atoms with Crippen molar-refractivity contribution in [1.82, 2.24) is 15.5 Å². The third-order valence-electron chi connectivity index (χ3n) is 3.97. The SMILES string of the molecule is CCCNC(C(=O)N[C@@H](CC(=O)O)C(=O)N1CCCC1)C(C)C. The number of rotatable bonds is 9. The van der Waals surface area contributed by atoms with Crippen molar-refractivity contribution in [2.45, 2.75) is 58.5 Å². The molecule has 1 aliphatic heterocycles. The summed E-state index contributed by atoms with van der Waals surface area (Å²) in [5.74, 6) is -1.65. The number of carbonyl (C=O) groups is 3. The summed E-state index contributed by atoms with van der Waals surface area (Å²) >= 11 is 0. The van der Waals surface area contributed by atoms with Crippen molar-refractivity contribution in [2.24, 2.45) is 5.92 Å². The summed E-state index contributed by atoms with van der Waals surface area (Å²) in [6.07, 6.45) is 2.35. The largest absolute Gasteiger partial charge is 0.481 e. The Morgan fingerprint density at radius 3 is 2.26 bits per heavy atom. The van der Waals surface area contributed by atoms with E-state index in [1.165, 1.54) is 0 Å². The molecule has 1 saturated heterocycles. The van der Waals surface area contributed by atoms with Gasteiger partial charge in [-0.25, -0.2) is 0 Å². The number of aliphatic carboxylic acids is 1. The minimum absolute atomic E-state index is 0.0499. The van der Waals surface area contributed by atoms with Crippen LogP contribution in [0.25, 0.3) is 0 Å². The van der Waals surface area contributed by atoms with Gasteiger partial charge in [0.25, 0.3) is 0 Å². The number of likely N-dealkylation sites (tertiary alicyclic amines) is 1. The fraction of sp³-hybridized carbons (Fsp3) is 0.812. The normalized spacial score (nSPS) is 17.1. The Morgan fingerprint density at radius 2 is 1.78 bits per heavy atom. The fourth-order valence-corrected chi connectivity index (χ4v) is 2.73. The molecule has 7 nitrogen and oxygen atoms in total. The van der Waals surface area contributed by atoms with E-state index in [1.54, 1.807) is 4.90 Å². The lowest BCUT2D eigenvalue weighted by molar-refractivity contribution is -0.143. The van der Waals surface area contributed by atoms with E-state index in [0.29, 0.717) is 19.6 Å². The molecule has 1 rings (SSSR count). The van der Waals surface area contributed by atoms with Gasteiger partial charge in [0.05, 0.1) is 12.5 Å². The summed E-state index contributed by atoms with van der Waals surface area (Å²) in [6.45, 7) is 7.80. The number of carboxylic acid groups (broad SMARTS) is 1. The van der Waals surface area contributed by atoms with Crippen molar-refractivity contribution in [3.05, 3.63) is 0 Å². The smallest absolute Gasteiger partial charge is 0.305 e. The van der Waals surface area contributed by atoms with Gasteiger partial charge in [-0.05, 0) is 31.7 Å². The number of nitrogens with zero attached hydrogens (tertiary/aromatic N) is 1. The molecule has 0 saturated carbocycles. The Bertz CT molecular complexity index is 420. The minimum atomic E-state index is -1.09. The van der Waals surface area contributed by atoms with Crippen molar-refractivity contribution in [3.8, 4) is 0 Å². The van der Waals surface area contributed by atoms with Crippen LogP contribution < -0.4 is 10.6 Å². The number of nitrogens with one attached hydrogen (secondary N) is 2. The van der Waals surface area contributed by atoms with Gasteiger partial charge in [-0.1, -0.05) is 20.8 Å². The lowest BCUT2D eigenvalue weighted by Crippen LogP contribution is -2.55. The standard InChI is InChI=1S/C16H29N3O4/c1-4-7-17-14(11(2)3)15(22)18-12(10-13(20)21)16(23)19-8-5-6-9-19/h11-12,14,17H,4-10H2,1-3H3,(H,18,22)(H,20,21)/t12-,14?/m0/s1. The second kappa shape index (κ2) is 9.50. The lowest BCUT2D eigenvalue weighted by Gasteiger charge is -2.27. The van der Waals surface area contributed by atoms with E-state index in [4.69, 9.17) is 5.11 Å². The molecule has 23 heavy (non-hydrogen) atoms. The first kappa shape index (κ1) is 19.4. The molecule has 3 N–H and O–H groups in total. The first-order valence-electron chi connectivity index (χ1n) is 8.41. The van der Waals surface area contributed by atoms with Crippen molar-refractivity contribution >= 4 is 17.8 Å². The summed E-state index contributed by atoms with van der Waals surface area (Å²) in [6, 6.07) is -1.43. The van der Waals surface area contributed by atoms with Gasteiger partial charge in [-0.15, -0.1) is 0 Å². The van der Waals surface area contributed by atoms with E-state index < -0.39 is 18.1 Å². The van der Waals surface area contributed by atoms with Crippen LogP contribution in [0.15, 0.2) is 0 Å². The van der Waals surface area contributed by atoms with Crippen molar-refractivity contribution in [2.75, 3.05) is 19.6 Å². The Hall–Kier alpha value is -1.63. The van der Waals surface area contributed by atoms with Crippen LogP contribution >= 0.6 is 0 Å². The molecule has 2 atom stereocenters. The summed E-state index contributed by atoms with van der Waals surface area (Å²) in [4.78, 5) is 37.6. The van der Waals surface area contributed by atoms with Crippen molar-refractivity contribution in [3.63, 3.8) is 0 Å². The first-order valence-corrected chi connectivity index (χ1v) is 8.41. The number of hydrogen-bond donors (Lipinski definition) is 3. The van der Waals surface area contributed by atoms with Crippen LogP contribution in [-0.2, 0) is 14.4 Å². The van der Waals surface area contributed by atoms with Gasteiger partial charge >= 0.3 is 5.97 Å². The van der Waals surface area contributed by atoms with Gasteiger partial charge in [0, 0.05) is 13.1 Å². The minimum Gasteiger partial charge on any atom is -0.481 e. The predicted molar refractivity (Wildman–Crippen MR) is 86.9 cm³/mol. The molecule has 1 heterocycles. The molecular formula is C16H29N3O4. The molecule has 1 unspecified atom stereocenters. The van der Waals surface area contributed by atoms with E-state index >= 15 is 0 Å². The average Bonchev–Trinajstić information content (AvgIpc) is 2.99. The molecule has 2 amide bonds. The zero-order valence-corrected chi connectivity index (χ0v) is 14.3. The molecule has 0 spiro atoms. The summed E-state index contributed by atoms with van der Waals surface area (Å²) < 4.78 is 0. The van der Waals surface area contributed by atoms with Crippen LogP contribution in [0.3, 0.4) is 0 Å². The molecule has 1 fully saturated rings. The summed E-state index contributed by atoms with van der Waals surface area (Å²) in [5, 5.41) is 14.8. The zero-order chi connectivity index (χ0) is 17.4. The van der Waals surface area contributed by atoms with Crippen LogP contribution in [0.2, 0.25) is 0 Å². The molecule has 0 aromatic carbocycles. The first-order chi connectivity index (χ1) is 10.9. The highest BCUT2D eigenvalue weighted by Crippen LogP contribution is 2.11. The summed E-state index contributed by atoms with van der Waals surface area (Å²) in [7, 11) is 0. The van der Waals surface area contributed by atoms with E-state index in [1.807, 2.05) is 20.8 Å². The maximum absolute atomic E-state index is 12.5. The van der Waals surface area contributed by atoms with E-state index in [2.05, 4.69) is 10.6 Å². The van der Waals surface area contributed by atoms with Gasteiger partial charge in [0.1, 0.15) is 6.04 Å². The van der Waals surface area contributed by atoms with Crippen molar-refractivity contribution in [1.29, 1.82) is 0 Å². The molecule has 0 aliphatic carbocycles. The van der Waals surface area contributed by atoms with Crippen LogP contribution in [0.1, 0.15) is 46.5 Å². The number of hydrogen-bond acceptors (Lipinski definition) is 4. The van der Waals surface area contributed by atoms with Crippen LogP contribution in [0.4, 0.5) is 0 Å². The molecule has 0 aromatic heterocycles. The van der Waals surface area contributed by atoms with Crippen LogP contribution in [0.5, 0.6) is 0 Å². The highest BCUT2D eigenvalue weighted by molar-refractivity contribution is 5.92. The van der Waals surface area contributed by atoms with E-state index in [9.17, 15) is 14.4 Å². The third kappa shape index (κ3) is 6.17. The predicted octanol–water partition coefficient (Wildman–Crippen LogP) is 0.593. The fourth-order valence-electron chi connectivity index (χ4n) is 2.73. The Labute approximate surface area is 137 Å². The van der Waals surface area contributed by atoms with E-state index in [0.717, 1.165) is 19.3 Å². The maximum atomic E-state index is 12.5. The second-order valence-electron chi connectivity index (χ2n) is 6.37. The zero-order valence-electron chi connectivity index (χ0n) is 14.3. The van der Waals surface area contributed by atoms with Crippen molar-refractivity contribution < 1.29 is 19.5 Å². The van der Waals surface area contributed by atoms with Crippen LogP contribution in [-0.4, -0.2) is 59.5 Å². The molecule has 7 heteroatoms. The highest BCUT2D eigenvalue weighted by atomic mass is 16.4. The monoisotopic (exact) mass is 327 g/mol. The van der Waals surface area contributed by atoms with Gasteiger partial charge < -0.3 is 20.6 Å². The van der Waals surface area contributed by atoms with Gasteiger partial charge in [-0.2, -0.15) is 0 Å². The number of carboxylic acids is 1. The molecule has 0 radical (unpaired) electrons.